The van der Waals surface area contributed by atoms with Crippen LogP contribution in [0.3, 0.4) is 0 Å². The van der Waals surface area contributed by atoms with Crippen molar-refractivity contribution >= 4 is 34.7 Å². The van der Waals surface area contributed by atoms with Crippen molar-refractivity contribution in [2.45, 2.75) is 13.0 Å². The highest BCUT2D eigenvalue weighted by molar-refractivity contribution is 6.51. The van der Waals surface area contributed by atoms with Crippen LogP contribution in [0.15, 0.2) is 84.4 Å². The van der Waals surface area contributed by atoms with E-state index in [1.165, 1.54) is 4.90 Å². The fraction of sp³-hybridized carbons (Fsp3) is 0.120. The fourth-order valence-electron chi connectivity index (χ4n) is 3.68. The van der Waals surface area contributed by atoms with Crippen LogP contribution < -0.4 is 9.64 Å². The first kappa shape index (κ1) is 20.7. The smallest absolute Gasteiger partial charge is 0.300 e. The molecule has 1 aliphatic rings. The van der Waals surface area contributed by atoms with E-state index in [1.807, 2.05) is 13.0 Å². The summed E-state index contributed by atoms with van der Waals surface area (Å²) in [6, 6.07) is 21.8. The van der Waals surface area contributed by atoms with Crippen LogP contribution in [-0.4, -0.2) is 23.4 Å². The molecule has 0 aromatic heterocycles. The standard InChI is InChI=1S/C25H20ClNO4/c1-2-31-20-14-10-17(11-15-20)23(28)21-22(16-8-12-18(26)13-9-16)27(25(30)24(21)29)19-6-4-3-5-7-19/h3-15,22,28H,2H2,1H3/b23-21-. The third-order valence-electron chi connectivity index (χ3n) is 5.10. The SMILES string of the molecule is CCOc1ccc(/C(O)=C2/C(=O)C(=O)N(c3ccccc3)C2c2ccc(Cl)cc2)cc1. The maximum absolute atomic E-state index is 13.1. The molecule has 0 aliphatic carbocycles. The molecule has 1 heterocycles. The van der Waals surface area contributed by atoms with Crippen molar-refractivity contribution in [1.29, 1.82) is 0 Å². The molecule has 3 aromatic rings. The molecule has 6 heteroatoms. The first-order chi connectivity index (χ1) is 15.0. The van der Waals surface area contributed by atoms with Crippen LogP contribution in [0.1, 0.15) is 24.1 Å². The molecular formula is C25H20ClNO4. The summed E-state index contributed by atoms with van der Waals surface area (Å²) in [5.74, 6) is -1.02. The van der Waals surface area contributed by atoms with E-state index >= 15 is 0 Å². The fourth-order valence-corrected chi connectivity index (χ4v) is 3.81. The van der Waals surface area contributed by atoms with Gasteiger partial charge in [0.1, 0.15) is 11.5 Å². The van der Waals surface area contributed by atoms with E-state index in [-0.39, 0.29) is 11.3 Å². The number of para-hydroxylation sites is 1. The minimum absolute atomic E-state index is 0.0281. The normalized spacial score (nSPS) is 17.7. The molecule has 1 saturated heterocycles. The van der Waals surface area contributed by atoms with Crippen LogP contribution in [0.4, 0.5) is 5.69 Å². The second kappa shape index (κ2) is 8.66. The van der Waals surface area contributed by atoms with Crippen LogP contribution in [0, 0.1) is 0 Å². The van der Waals surface area contributed by atoms with Gasteiger partial charge >= 0.3 is 0 Å². The Kier molecular flexibility index (Phi) is 5.78. The lowest BCUT2D eigenvalue weighted by Gasteiger charge is -2.25. The summed E-state index contributed by atoms with van der Waals surface area (Å²) in [6.45, 7) is 2.40. The molecule has 156 valence electrons. The maximum Gasteiger partial charge on any atom is 0.300 e. The lowest BCUT2D eigenvalue weighted by atomic mass is 9.95. The average molecular weight is 434 g/mol. The molecule has 5 nitrogen and oxygen atoms in total. The lowest BCUT2D eigenvalue weighted by molar-refractivity contribution is -0.132. The van der Waals surface area contributed by atoms with Crippen LogP contribution in [0.2, 0.25) is 5.02 Å². The third-order valence-corrected chi connectivity index (χ3v) is 5.36. The van der Waals surface area contributed by atoms with Crippen molar-refractivity contribution in [1.82, 2.24) is 0 Å². The van der Waals surface area contributed by atoms with Gasteiger partial charge in [-0.05, 0) is 61.0 Å². The van der Waals surface area contributed by atoms with Gasteiger partial charge in [0.2, 0.25) is 0 Å². The molecule has 31 heavy (non-hydrogen) atoms. The van der Waals surface area contributed by atoms with Gasteiger partial charge in [0.25, 0.3) is 11.7 Å². The van der Waals surface area contributed by atoms with E-state index in [0.717, 1.165) is 0 Å². The number of Topliss-reactive ketones (excluding diaryl/α,β-unsaturated/α-hetero) is 1. The van der Waals surface area contributed by atoms with E-state index < -0.39 is 17.7 Å². The Labute approximate surface area is 185 Å². The molecular weight excluding hydrogens is 414 g/mol. The topological polar surface area (TPSA) is 66.8 Å². The minimum Gasteiger partial charge on any atom is -0.507 e. The van der Waals surface area contributed by atoms with E-state index in [1.54, 1.807) is 72.8 Å². The van der Waals surface area contributed by atoms with Gasteiger partial charge in [-0.3, -0.25) is 14.5 Å². The lowest BCUT2D eigenvalue weighted by Crippen LogP contribution is -2.29. The highest BCUT2D eigenvalue weighted by Gasteiger charge is 2.46. The molecule has 1 aliphatic heterocycles. The van der Waals surface area contributed by atoms with Gasteiger partial charge in [0.15, 0.2) is 0 Å². The maximum atomic E-state index is 13.1. The van der Waals surface area contributed by atoms with Gasteiger partial charge in [-0.25, -0.2) is 0 Å². The van der Waals surface area contributed by atoms with Crippen LogP contribution in [-0.2, 0) is 9.59 Å². The molecule has 4 rings (SSSR count). The Morgan fingerprint density at radius 2 is 1.61 bits per heavy atom. The number of carbonyl (C=O) groups is 2. The zero-order valence-electron chi connectivity index (χ0n) is 16.8. The number of nitrogens with zero attached hydrogens (tertiary/aromatic N) is 1. The summed E-state index contributed by atoms with van der Waals surface area (Å²) < 4.78 is 5.44. The van der Waals surface area contributed by atoms with Crippen molar-refractivity contribution in [2.24, 2.45) is 0 Å². The summed E-state index contributed by atoms with van der Waals surface area (Å²) in [6.07, 6.45) is 0. The molecule has 1 atom stereocenters. The Balaban J connectivity index is 1.88. The van der Waals surface area contributed by atoms with Gasteiger partial charge in [-0.2, -0.15) is 0 Å². The Morgan fingerprint density at radius 3 is 2.23 bits per heavy atom. The van der Waals surface area contributed by atoms with Gasteiger partial charge < -0.3 is 9.84 Å². The van der Waals surface area contributed by atoms with E-state index in [9.17, 15) is 14.7 Å². The quantitative estimate of drug-likeness (QED) is 0.334. The van der Waals surface area contributed by atoms with Crippen molar-refractivity contribution in [3.63, 3.8) is 0 Å². The predicted molar refractivity (Wildman–Crippen MR) is 120 cm³/mol. The number of aliphatic hydroxyl groups excluding tert-OH is 1. The number of rotatable bonds is 5. The second-order valence-corrected chi connectivity index (χ2v) is 7.45. The Bertz CT molecular complexity index is 1140. The second-order valence-electron chi connectivity index (χ2n) is 7.01. The zero-order chi connectivity index (χ0) is 22.0. The molecule has 0 spiro atoms. The zero-order valence-corrected chi connectivity index (χ0v) is 17.5. The number of ether oxygens (including phenoxy) is 1. The van der Waals surface area contributed by atoms with Crippen LogP contribution in [0.5, 0.6) is 5.75 Å². The van der Waals surface area contributed by atoms with E-state index in [4.69, 9.17) is 16.3 Å². The van der Waals surface area contributed by atoms with Crippen molar-refractivity contribution in [2.75, 3.05) is 11.5 Å². The predicted octanol–water partition coefficient (Wildman–Crippen LogP) is 5.37. The van der Waals surface area contributed by atoms with Gasteiger partial charge in [0, 0.05) is 16.3 Å². The number of halogens is 1. The average Bonchev–Trinajstić information content (AvgIpc) is 3.06. The molecule has 0 saturated carbocycles. The number of benzene rings is 3. The summed E-state index contributed by atoms with van der Waals surface area (Å²) in [4.78, 5) is 27.5. The van der Waals surface area contributed by atoms with Crippen LogP contribution >= 0.6 is 11.6 Å². The molecule has 1 N–H and O–H groups in total. The van der Waals surface area contributed by atoms with E-state index in [2.05, 4.69) is 0 Å². The molecule has 3 aromatic carbocycles. The molecule has 1 unspecified atom stereocenters. The van der Waals surface area contributed by atoms with Gasteiger partial charge in [-0.15, -0.1) is 0 Å². The minimum atomic E-state index is -0.786. The van der Waals surface area contributed by atoms with E-state index in [0.29, 0.717) is 34.2 Å². The first-order valence-electron chi connectivity index (χ1n) is 9.86. The Morgan fingerprint density at radius 1 is 0.968 bits per heavy atom. The number of carbonyl (C=O) groups excluding carboxylic acids is 2. The number of hydrogen-bond donors (Lipinski definition) is 1. The number of ketones is 1. The number of anilines is 1. The summed E-state index contributed by atoms with van der Waals surface area (Å²) in [7, 11) is 0. The largest absolute Gasteiger partial charge is 0.507 e. The number of aliphatic hydroxyl groups is 1. The summed E-state index contributed by atoms with van der Waals surface area (Å²) in [5.41, 5.74) is 1.68. The van der Waals surface area contributed by atoms with Gasteiger partial charge in [-0.1, -0.05) is 41.9 Å². The number of hydrogen-bond acceptors (Lipinski definition) is 4. The van der Waals surface area contributed by atoms with Crippen molar-refractivity contribution in [3.8, 4) is 5.75 Å². The molecule has 1 amide bonds. The highest BCUT2D eigenvalue weighted by atomic mass is 35.5. The number of amides is 1. The molecule has 1 fully saturated rings. The van der Waals surface area contributed by atoms with Crippen LogP contribution in [0.25, 0.3) is 5.76 Å². The first-order valence-corrected chi connectivity index (χ1v) is 10.2. The molecule has 0 radical (unpaired) electrons. The Hall–Kier alpha value is -3.57. The highest BCUT2D eigenvalue weighted by Crippen LogP contribution is 2.42. The monoisotopic (exact) mass is 433 g/mol. The summed E-state index contributed by atoms with van der Waals surface area (Å²) >= 11 is 6.04. The van der Waals surface area contributed by atoms with Crippen molar-refractivity contribution < 1.29 is 19.4 Å². The van der Waals surface area contributed by atoms with Gasteiger partial charge in [0.05, 0.1) is 18.2 Å². The third kappa shape index (κ3) is 3.92. The summed E-state index contributed by atoms with van der Waals surface area (Å²) in [5, 5.41) is 11.6. The molecule has 0 bridgehead atoms. The van der Waals surface area contributed by atoms with Crippen molar-refractivity contribution in [3.05, 3.63) is 101 Å².